The van der Waals surface area contributed by atoms with E-state index in [1.54, 1.807) is 27.7 Å². The molecule has 12 heteroatoms. The van der Waals surface area contributed by atoms with Gasteiger partial charge in [0, 0.05) is 5.92 Å². The summed E-state index contributed by atoms with van der Waals surface area (Å²) >= 11 is 0. The molecule has 2 atom stereocenters. The van der Waals surface area contributed by atoms with Crippen molar-refractivity contribution in [2.75, 3.05) is 19.8 Å². The number of carbonyl (C=O) groups is 5. The normalized spacial score (nSPS) is 13.6. The number of carboxylic acids is 1. The molecule has 12 nitrogen and oxygen atoms in total. The molecule has 0 spiro atoms. The predicted octanol–water partition coefficient (Wildman–Crippen LogP) is 3.89. The molecule has 0 aromatic heterocycles. The summed E-state index contributed by atoms with van der Waals surface area (Å²) < 4.78 is 15.5. The first kappa shape index (κ1) is 33.6. The second-order valence-corrected chi connectivity index (χ2v) is 11.0. The molecule has 0 heterocycles. The molecule has 2 aromatic rings. The van der Waals surface area contributed by atoms with Gasteiger partial charge in [0.2, 0.25) is 5.91 Å². The van der Waals surface area contributed by atoms with Crippen LogP contribution in [-0.4, -0.2) is 72.6 Å². The lowest BCUT2D eigenvalue weighted by Gasteiger charge is -2.21. The molecular formula is C32H39N3O9. The van der Waals surface area contributed by atoms with Crippen LogP contribution in [0.25, 0.3) is 11.1 Å². The highest BCUT2D eigenvalue weighted by Gasteiger charge is 2.30. The topological polar surface area (TPSA) is 169 Å². The van der Waals surface area contributed by atoms with E-state index in [-0.39, 0.29) is 32.0 Å². The summed E-state index contributed by atoms with van der Waals surface area (Å²) in [6.45, 7) is 6.36. The van der Waals surface area contributed by atoms with E-state index in [9.17, 15) is 29.1 Å². The van der Waals surface area contributed by atoms with Crippen LogP contribution in [0.15, 0.2) is 60.7 Å². The van der Waals surface area contributed by atoms with Crippen molar-refractivity contribution in [2.24, 2.45) is 0 Å². The Hall–Kier alpha value is -4.87. The van der Waals surface area contributed by atoms with Crippen molar-refractivity contribution in [2.45, 2.75) is 64.1 Å². The minimum Gasteiger partial charge on any atom is -0.480 e. The average Bonchev–Trinajstić information content (AvgIpc) is 3.28. The van der Waals surface area contributed by atoms with E-state index in [1.165, 1.54) is 12.2 Å². The number of hydrogen-bond donors (Lipinski definition) is 4. The first-order valence-corrected chi connectivity index (χ1v) is 14.3. The van der Waals surface area contributed by atoms with Crippen LogP contribution < -0.4 is 16.0 Å². The molecule has 3 rings (SSSR count). The Labute approximate surface area is 256 Å². The van der Waals surface area contributed by atoms with Crippen LogP contribution in [0.3, 0.4) is 0 Å². The third-order valence-electron chi connectivity index (χ3n) is 6.56. The fraction of sp³-hybridized carbons (Fsp3) is 0.406. The van der Waals surface area contributed by atoms with Gasteiger partial charge in [-0.15, -0.1) is 0 Å². The molecule has 0 radical (unpaired) electrons. The zero-order valence-corrected chi connectivity index (χ0v) is 25.3. The maximum Gasteiger partial charge on any atom is 0.408 e. The van der Waals surface area contributed by atoms with Crippen molar-refractivity contribution >= 4 is 30.0 Å². The number of aliphatic carboxylic acids is 1. The van der Waals surface area contributed by atoms with Crippen LogP contribution in [0.5, 0.6) is 0 Å². The van der Waals surface area contributed by atoms with Crippen LogP contribution >= 0.6 is 0 Å². The molecule has 44 heavy (non-hydrogen) atoms. The van der Waals surface area contributed by atoms with Crippen LogP contribution in [-0.2, 0) is 28.6 Å². The number of hydrogen-bond acceptors (Lipinski definition) is 8. The maximum atomic E-state index is 12.9. The Morgan fingerprint density at radius 1 is 0.841 bits per heavy atom. The summed E-state index contributed by atoms with van der Waals surface area (Å²) in [5.74, 6) is -2.78. The van der Waals surface area contributed by atoms with Gasteiger partial charge in [-0.1, -0.05) is 60.7 Å². The third-order valence-corrected chi connectivity index (χ3v) is 6.56. The zero-order valence-electron chi connectivity index (χ0n) is 25.3. The van der Waals surface area contributed by atoms with Crippen molar-refractivity contribution in [3.05, 3.63) is 71.8 Å². The Morgan fingerprint density at radius 3 is 1.93 bits per heavy atom. The molecule has 2 aromatic carbocycles. The number of alkyl carbamates (subject to hydrolysis) is 2. The van der Waals surface area contributed by atoms with E-state index in [0.29, 0.717) is 0 Å². The highest BCUT2D eigenvalue weighted by molar-refractivity contribution is 5.88. The van der Waals surface area contributed by atoms with E-state index in [0.717, 1.165) is 22.3 Å². The molecule has 0 bridgehead atoms. The molecule has 236 valence electrons. The number of rotatable bonds is 13. The Balaban J connectivity index is 1.64. The van der Waals surface area contributed by atoms with Gasteiger partial charge in [-0.05, 0) is 62.8 Å². The average molecular weight is 610 g/mol. The van der Waals surface area contributed by atoms with E-state index >= 15 is 0 Å². The highest BCUT2D eigenvalue weighted by atomic mass is 16.6. The first-order valence-electron chi connectivity index (χ1n) is 14.3. The summed E-state index contributed by atoms with van der Waals surface area (Å²) in [5, 5.41) is 16.7. The van der Waals surface area contributed by atoms with Gasteiger partial charge in [0.15, 0.2) is 0 Å². The van der Waals surface area contributed by atoms with Crippen molar-refractivity contribution in [1.29, 1.82) is 0 Å². The Bertz CT molecular complexity index is 1340. The third kappa shape index (κ3) is 9.85. The van der Waals surface area contributed by atoms with Gasteiger partial charge in [0.05, 0.1) is 6.61 Å². The molecule has 1 aliphatic rings. The second kappa shape index (κ2) is 15.6. The monoisotopic (exact) mass is 609 g/mol. The number of amides is 3. The van der Waals surface area contributed by atoms with Gasteiger partial charge in [-0.3, -0.25) is 9.59 Å². The number of esters is 1. The van der Waals surface area contributed by atoms with Gasteiger partial charge in [0.1, 0.15) is 30.8 Å². The summed E-state index contributed by atoms with van der Waals surface area (Å²) in [4.78, 5) is 61.2. The zero-order chi connectivity index (χ0) is 32.3. The molecule has 4 N–H and O–H groups in total. The quantitative estimate of drug-likeness (QED) is 0.150. The summed E-state index contributed by atoms with van der Waals surface area (Å²) in [5.41, 5.74) is 3.39. The van der Waals surface area contributed by atoms with Gasteiger partial charge in [-0.25, -0.2) is 14.4 Å². The van der Waals surface area contributed by atoms with Crippen LogP contribution in [0, 0.1) is 0 Å². The number of benzene rings is 2. The van der Waals surface area contributed by atoms with Crippen LogP contribution in [0.2, 0.25) is 0 Å². The molecule has 3 amide bonds. The van der Waals surface area contributed by atoms with E-state index in [4.69, 9.17) is 14.2 Å². The number of carbonyl (C=O) groups excluding carboxylic acids is 4. The number of nitrogens with one attached hydrogen (secondary N) is 3. The molecule has 1 aliphatic carbocycles. The summed E-state index contributed by atoms with van der Waals surface area (Å²) in [6.07, 6.45) is 1.05. The molecular weight excluding hydrogens is 570 g/mol. The van der Waals surface area contributed by atoms with E-state index < -0.39 is 54.3 Å². The van der Waals surface area contributed by atoms with E-state index in [1.807, 2.05) is 48.5 Å². The first-order chi connectivity index (χ1) is 20.9. The minimum atomic E-state index is -1.28. The molecule has 0 fully saturated rings. The lowest BCUT2D eigenvalue weighted by Crippen LogP contribution is -2.48. The number of carboxylic acid groups (broad SMARTS) is 1. The van der Waals surface area contributed by atoms with Gasteiger partial charge in [-0.2, -0.15) is 0 Å². The van der Waals surface area contributed by atoms with Crippen LogP contribution in [0.4, 0.5) is 9.59 Å². The van der Waals surface area contributed by atoms with Crippen LogP contribution in [0.1, 0.15) is 57.6 Å². The summed E-state index contributed by atoms with van der Waals surface area (Å²) in [6, 6.07) is 13.3. The number of ether oxygens (including phenoxy) is 3. The van der Waals surface area contributed by atoms with Crippen molar-refractivity contribution in [3.8, 4) is 11.1 Å². The minimum absolute atomic E-state index is 0.0312. The van der Waals surface area contributed by atoms with Gasteiger partial charge in [0.25, 0.3) is 0 Å². The maximum absolute atomic E-state index is 12.9. The smallest absolute Gasteiger partial charge is 0.408 e. The fourth-order valence-corrected chi connectivity index (χ4v) is 4.64. The standard InChI is InChI=1S/C32H39N3O9/c1-5-42-27(36)18-33-28(37)25(16-10-11-17-26(29(38)39)35-31(41)44-32(2,3)4)34-30(40)43-19-24-22-14-8-6-12-20(22)21-13-7-9-15-23(21)24/h6-15,24-26H,5,16-19H2,1-4H3,(H,33,37)(H,34,40)(H,35,41)(H,38,39)/t25-,26-/m0/s1. The van der Waals surface area contributed by atoms with Gasteiger partial charge >= 0.3 is 24.1 Å². The largest absolute Gasteiger partial charge is 0.480 e. The van der Waals surface area contributed by atoms with Gasteiger partial charge < -0.3 is 35.3 Å². The van der Waals surface area contributed by atoms with E-state index in [2.05, 4.69) is 16.0 Å². The lowest BCUT2D eigenvalue weighted by atomic mass is 9.98. The molecule has 0 saturated carbocycles. The summed E-state index contributed by atoms with van der Waals surface area (Å²) in [7, 11) is 0. The second-order valence-electron chi connectivity index (χ2n) is 11.0. The van der Waals surface area contributed by atoms with Crippen molar-refractivity contribution in [3.63, 3.8) is 0 Å². The Morgan fingerprint density at radius 2 is 1.39 bits per heavy atom. The van der Waals surface area contributed by atoms with Crippen molar-refractivity contribution in [1.82, 2.24) is 16.0 Å². The molecule has 0 unspecified atom stereocenters. The molecule has 0 aliphatic heterocycles. The molecule has 0 saturated heterocycles. The van der Waals surface area contributed by atoms with Crippen molar-refractivity contribution < 1.29 is 43.3 Å². The number of fused-ring (bicyclic) bond motifs is 3. The highest BCUT2D eigenvalue weighted by Crippen LogP contribution is 2.44. The SMILES string of the molecule is CCOC(=O)CNC(=O)[C@H](CC=CC[C@H](NC(=O)OC(C)(C)C)C(=O)O)NC(=O)OCC1c2ccccc2-c2ccccc21. The lowest BCUT2D eigenvalue weighted by molar-refractivity contribution is -0.143. The Kier molecular flexibility index (Phi) is 11.9. The predicted molar refractivity (Wildman–Crippen MR) is 161 cm³/mol. The fourth-order valence-electron chi connectivity index (χ4n) is 4.64.